The van der Waals surface area contributed by atoms with Crippen LogP contribution in [0, 0.1) is 0 Å². The lowest BCUT2D eigenvalue weighted by Gasteiger charge is -2.22. The average molecular weight is 232 g/mol. The van der Waals surface area contributed by atoms with Crippen LogP contribution < -0.4 is 10.6 Å². The molecule has 1 amide bonds. The molecule has 0 aliphatic rings. The molecule has 0 spiro atoms. The van der Waals surface area contributed by atoms with E-state index in [2.05, 4.69) is 0 Å². The quantitative estimate of drug-likeness (QED) is 0.811. The summed E-state index contributed by atoms with van der Waals surface area (Å²) in [6, 6.07) is 9.64. The summed E-state index contributed by atoms with van der Waals surface area (Å²) >= 11 is 0. The molecule has 0 heterocycles. The van der Waals surface area contributed by atoms with Gasteiger partial charge in [-0.05, 0) is 32.4 Å². The van der Waals surface area contributed by atoms with Gasteiger partial charge in [-0.25, -0.2) is 0 Å². The molecule has 92 valence electrons. The monoisotopic (exact) mass is 232 g/mol. The summed E-state index contributed by atoms with van der Waals surface area (Å²) in [5, 5.41) is 0. The van der Waals surface area contributed by atoms with Crippen LogP contribution in [0.15, 0.2) is 41.6 Å². The molecule has 3 heteroatoms. The van der Waals surface area contributed by atoms with Crippen molar-refractivity contribution in [3.8, 4) is 0 Å². The number of benzene rings is 1. The molecule has 1 aromatic carbocycles. The zero-order valence-electron chi connectivity index (χ0n) is 10.7. The largest absolute Gasteiger partial charge is 0.402 e. The number of anilines is 1. The summed E-state index contributed by atoms with van der Waals surface area (Å²) in [6.07, 6.45) is 0.698. The van der Waals surface area contributed by atoms with E-state index in [1.54, 1.807) is 11.8 Å². The van der Waals surface area contributed by atoms with Crippen molar-refractivity contribution in [1.82, 2.24) is 0 Å². The molecule has 0 unspecified atom stereocenters. The standard InChI is InChI=1S/C14H20N2O/c1-4-13(15)11(3)14(17)16(5-2)12-9-7-6-8-10-12/h6-10H,4-5,15H2,1-3H3. The van der Waals surface area contributed by atoms with Gasteiger partial charge in [-0.3, -0.25) is 4.79 Å². The molecule has 17 heavy (non-hydrogen) atoms. The van der Waals surface area contributed by atoms with E-state index in [9.17, 15) is 4.79 Å². The van der Waals surface area contributed by atoms with Crippen molar-refractivity contribution in [2.75, 3.05) is 11.4 Å². The van der Waals surface area contributed by atoms with Crippen molar-refractivity contribution in [3.05, 3.63) is 41.6 Å². The molecule has 0 radical (unpaired) electrons. The van der Waals surface area contributed by atoms with E-state index in [-0.39, 0.29) is 5.91 Å². The molecular formula is C14H20N2O. The van der Waals surface area contributed by atoms with Gasteiger partial charge < -0.3 is 10.6 Å². The zero-order chi connectivity index (χ0) is 12.8. The molecule has 0 aliphatic heterocycles. The fourth-order valence-electron chi connectivity index (χ4n) is 1.66. The van der Waals surface area contributed by atoms with Crippen molar-refractivity contribution in [2.45, 2.75) is 27.2 Å². The van der Waals surface area contributed by atoms with Gasteiger partial charge in [0, 0.05) is 23.5 Å². The fraction of sp³-hybridized carbons (Fsp3) is 0.357. The number of carbonyl (C=O) groups is 1. The van der Waals surface area contributed by atoms with E-state index < -0.39 is 0 Å². The summed E-state index contributed by atoms with van der Waals surface area (Å²) in [5.74, 6) is -0.0157. The highest BCUT2D eigenvalue weighted by molar-refractivity contribution is 6.05. The molecule has 2 N–H and O–H groups in total. The maximum Gasteiger partial charge on any atom is 0.255 e. The predicted molar refractivity (Wildman–Crippen MR) is 71.6 cm³/mol. The topological polar surface area (TPSA) is 46.3 Å². The predicted octanol–water partition coefficient (Wildman–Crippen LogP) is 2.68. The number of carbonyl (C=O) groups excluding carboxylic acids is 1. The molecule has 1 rings (SSSR count). The van der Waals surface area contributed by atoms with E-state index in [4.69, 9.17) is 5.73 Å². The lowest BCUT2D eigenvalue weighted by molar-refractivity contribution is -0.115. The highest BCUT2D eigenvalue weighted by atomic mass is 16.2. The van der Waals surface area contributed by atoms with Crippen LogP contribution in [0.2, 0.25) is 0 Å². The van der Waals surface area contributed by atoms with Gasteiger partial charge in [0.05, 0.1) is 0 Å². The first-order chi connectivity index (χ1) is 8.11. The van der Waals surface area contributed by atoms with Gasteiger partial charge in [-0.1, -0.05) is 25.1 Å². The number of para-hydroxylation sites is 1. The Kier molecular flexibility index (Phi) is 4.76. The number of allylic oxidation sites excluding steroid dienone is 1. The van der Waals surface area contributed by atoms with Crippen molar-refractivity contribution >= 4 is 11.6 Å². The number of hydrogen-bond acceptors (Lipinski definition) is 2. The second kappa shape index (κ2) is 6.09. The third-order valence-corrected chi connectivity index (χ3v) is 2.81. The molecule has 0 bridgehead atoms. The third-order valence-electron chi connectivity index (χ3n) is 2.81. The van der Waals surface area contributed by atoms with Crippen LogP contribution >= 0.6 is 0 Å². The second-order valence-corrected chi connectivity index (χ2v) is 3.89. The van der Waals surface area contributed by atoms with Gasteiger partial charge in [0.1, 0.15) is 0 Å². The Hall–Kier alpha value is -1.77. The van der Waals surface area contributed by atoms with Crippen LogP contribution in [-0.4, -0.2) is 12.5 Å². The maximum atomic E-state index is 12.3. The fourth-order valence-corrected chi connectivity index (χ4v) is 1.66. The highest BCUT2D eigenvalue weighted by Gasteiger charge is 2.16. The van der Waals surface area contributed by atoms with Crippen LogP contribution in [0.25, 0.3) is 0 Å². The Bertz CT molecular complexity index is 409. The lowest BCUT2D eigenvalue weighted by Crippen LogP contribution is -2.32. The number of hydrogen-bond donors (Lipinski definition) is 1. The van der Waals surface area contributed by atoms with Crippen LogP contribution in [0.3, 0.4) is 0 Å². The summed E-state index contributed by atoms with van der Waals surface area (Å²) < 4.78 is 0. The molecule has 1 aromatic rings. The zero-order valence-corrected chi connectivity index (χ0v) is 10.7. The number of rotatable bonds is 4. The number of amides is 1. The summed E-state index contributed by atoms with van der Waals surface area (Å²) in [7, 11) is 0. The smallest absolute Gasteiger partial charge is 0.255 e. The average Bonchev–Trinajstić information content (AvgIpc) is 2.38. The summed E-state index contributed by atoms with van der Waals surface area (Å²) in [6.45, 7) is 6.33. The number of likely N-dealkylation sites (N-methyl/N-ethyl adjacent to an activating group) is 1. The van der Waals surface area contributed by atoms with Crippen LogP contribution in [0.5, 0.6) is 0 Å². The first-order valence-electron chi connectivity index (χ1n) is 5.93. The summed E-state index contributed by atoms with van der Waals surface area (Å²) in [4.78, 5) is 14.0. The molecule has 0 atom stereocenters. The summed E-state index contributed by atoms with van der Waals surface area (Å²) in [5.41, 5.74) is 8.02. The van der Waals surface area contributed by atoms with Gasteiger partial charge in [-0.2, -0.15) is 0 Å². The Balaban J connectivity index is 3.01. The minimum atomic E-state index is -0.0157. The number of nitrogens with two attached hydrogens (primary N) is 1. The Labute approximate surface area is 103 Å². The van der Waals surface area contributed by atoms with Crippen molar-refractivity contribution < 1.29 is 4.79 Å². The molecule has 0 fully saturated rings. The van der Waals surface area contributed by atoms with Gasteiger partial charge >= 0.3 is 0 Å². The minimum absolute atomic E-state index is 0.0157. The van der Waals surface area contributed by atoms with Crippen LogP contribution in [0.1, 0.15) is 27.2 Å². The van der Waals surface area contributed by atoms with E-state index in [0.29, 0.717) is 24.2 Å². The normalized spacial score (nSPS) is 11.9. The molecule has 0 saturated carbocycles. The Morgan fingerprint density at radius 1 is 1.24 bits per heavy atom. The molecule has 0 aliphatic carbocycles. The van der Waals surface area contributed by atoms with Crippen molar-refractivity contribution in [3.63, 3.8) is 0 Å². The van der Waals surface area contributed by atoms with Gasteiger partial charge in [0.25, 0.3) is 5.91 Å². The Morgan fingerprint density at radius 2 is 1.82 bits per heavy atom. The lowest BCUT2D eigenvalue weighted by atomic mass is 10.1. The molecular weight excluding hydrogens is 212 g/mol. The molecule has 0 saturated heterocycles. The SMILES string of the molecule is CCC(N)=C(C)C(=O)N(CC)c1ccccc1. The van der Waals surface area contributed by atoms with Crippen LogP contribution in [0.4, 0.5) is 5.69 Å². The van der Waals surface area contributed by atoms with E-state index >= 15 is 0 Å². The maximum absolute atomic E-state index is 12.3. The van der Waals surface area contributed by atoms with Gasteiger partial charge in [0.2, 0.25) is 0 Å². The second-order valence-electron chi connectivity index (χ2n) is 3.89. The van der Waals surface area contributed by atoms with Crippen molar-refractivity contribution in [2.24, 2.45) is 5.73 Å². The highest BCUT2D eigenvalue weighted by Crippen LogP contribution is 2.16. The van der Waals surface area contributed by atoms with E-state index in [1.807, 2.05) is 44.2 Å². The van der Waals surface area contributed by atoms with Crippen molar-refractivity contribution in [1.29, 1.82) is 0 Å². The van der Waals surface area contributed by atoms with E-state index in [1.165, 1.54) is 0 Å². The van der Waals surface area contributed by atoms with E-state index in [0.717, 1.165) is 5.69 Å². The number of nitrogens with zero attached hydrogens (tertiary/aromatic N) is 1. The van der Waals surface area contributed by atoms with Gasteiger partial charge in [0.15, 0.2) is 0 Å². The minimum Gasteiger partial charge on any atom is -0.402 e. The first-order valence-corrected chi connectivity index (χ1v) is 5.93. The third kappa shape index (κ3) is 3.09. The first kappa shape index (κ1) is 13.3. The molecule has 0 aromatic heterocycles. The molecule has 3 nitrogen and oxygen atoms in total. The van der Waals surface area contributed by atoms with Crippen LogP contribution in [-0.2, 0) is 4.79 Å². The van der Waals surface area contributed by atoms with Gasteiger partial charge in [-0.15, -0.1) is 0 Å². The Morgan fingerprint density at radius 3 is 2.29 bits per heavy atom.